The van der Waals surface area contributed by atoms with Gasteiger partial charge in [0.1, 0.15) is 15.9 Å². The molecular weight excluding hydrogens is 318 g/mol. The molecule has 3 aromatic rings. The first kappa shape index (κ1) is 14.0. The van der Waals surface area contributed by atoms with Gasteiger partial charge in [-0.1, -0.05) is 30.3 Å². The number of fused-ring (bicyclic) bond motifs is 4. The summed E-state index contributed by atoms with van der Waals surface area (Å²) in [5.74, 6) is -0.0152. The van der Waals surface area contributed by atoms with Crippen molar-refractivity contribution in [3.8, 4) is 0 Å². The summed E-state index contributed by atoms with van der Waals surface area (Å²) in [7, 11) is 0. The standard InChI is InChI=1S/C19H17N3OS/c23-18-16-15(21-17(22-18)11-6-2-1-3-7-11)13-10-12-8-4-5-9-14(12)20-19(13)24-16/h1-3,6-7,10,17,21H,4-5,8-9H2,(H,22,23)/t17-/m1/s1. The van der Waals surface area contributed by atoms with E-state index in [0.717, 1.165) is 39.2 Å². The molecular formula is C19H17N3OS. The van der Waals surface area contributed by atoms with Gasteiger partial charge in [0.15, 0.2) is 0 Å². The molecule has 4 nitrogen and oxygen atoms in total. The van der Waals surface area contributed by atoms with Crippen molar-refractivity contribution < 1.29 is 4.79 Å². The summed E-state index contributed by atoms with van der Waals surface area (Å²) < 4.78 is 0. The Balaban J connectivity index is 1.64. The molecule has 2 aliphatic rings. The molecule has 1 amide bonds. The number of carbonyl (C=O) groups excluding carboxylic acids is 1. The lowest BCUT2D eigenvalue weighted by Gasteiger charge is -2.26. The van der Waals surface area contributed by atoms with Gasteiger partial charge < -0.3 is 10.6 Å². The van der Waals surface area contributed by atoms with Crippen LogP contribution in [0.1, 0.15) is 45.5 Å². The Morgan fingerprint density at radius 3 is 2.79 bits per heavy atom. The Kier molecular flexibility index (Phi) is 3.10. The minimum atomic E-state index is -0.194. The van der Waals surface area contributed by atoms with Crippen LogP contribution in [0.2, 0.25) is 0 Å². The molecule has 5 heteroatoms. The Morgan fingerprint density at radius 1 is 1.08 bits per heavy atom. The molecule has 3 heterocycles. The van der Waals surface area contributed by atoms with Crippen LogP contribution in [0, 0.1) is 0 Å². The van der Waals surface area contributed by atoms with Crippen molar-refractivity contribution in [2.24, 2.45) is 0 Å². The minimum absolute atomic E-state index is 0.0152. The molecule has 0 spiro atoms. The van der Waals surface area contributed by atoms with E-state index in [1.54, 1.807) is 0 Å². The summed E-state index contributed by atoms with van der Waals surface area (Å²) in [5.41, 5.74) is 4.56. The molecule has 0 saturated heterocycles. The first-order valence-electron chi connectivity index (χ1n) is 8.37. The Hall–Kier alpha value is -2.40. The molecule has 2 aromatic heterocycles. The van der Waals surface area contributed by atoms with Crippen LogP contribution < -0.4 is 10.6 Å². The Labute approximate surface area is 143 Å². The van der Waals surface area contributed by atoms with Crippen LogP contribution in [-0.2, 0) is 12.8 Å². The van der Waals surface area contributed by atoms with E-state index in [9.17, 15) is 4.79 Å². The quantitative estimate of drug-likeness (QED) is 0.706. The van der Waals surface area contributed by atoms with E-state index in [2.05, 4.69) is 16.7 Å². The summed E-state index contributed by atoms with van der Waals surface area (Å²) in [5, 5.41) is 7.65. The lowest BCUT2D eigenvalue weighted by Crippen LogP contribution is -2.37. The van der Waals surface area contributed by atoms with Crippen LogP contribution in [0.4, 0.5) is 5.69 Å². The first-order valence-corrected chi connectivity index (χ1v) is 9.19. The second kappa shape index (κ2) is 5.31. The summed E-state index contributed by atoms with van der Waals surface area (Å²) in [6.45, 7) is 0. The highest BCUT2D eigenvalue weighted by atomic mass is 32.1. The SMILES string of the molecule is O=C1N[C@H](c2ccccc2)Nc2c1sc1nc3c(cc21)CCCC3. The second-order valence-corrected chi connectivity index (χ2v) is 7.42. The zero-order valence-corrected chi connectivity index (χ0v) is 14.0. The van der Waals surface area contributed by atoms with E-state index >= 15 is 0 Å². The molecule has 5 rings (SSSR count). The van der Waals surface area contributed by atoms with Gasteiger partial charge in [-0.15, -0.1) is 11.3 Å². The largest absolute Gasteiger partial charge is 0.360 e. The fourth-order valence-electron chi connectivity index (χ4n) is 3.63. The van der Waals surface area contributed by atoms with Crippen LogP contribution in [0.15, 0.2) is 36.4 Å². The predicted octanol–water partition coefficient (Wildman–Crippen LogP) is 4.03. The van der Waals surface area contributed by atoms with Crippen molar-refractivity contribution in [3.05, 3.63) is 58.1 Å². The first-order chi connectivity index (χ1) is 11.8. The van der Waals surface area contributed by atoms with Gasteiger partial charge in [0.2, 0.25) is 0 Å². The highest BCUT2D eigenvalue weighted by molar-refractivity contribution is 7.21. The molecule has 0 fully saturated rings. The molecule has 1 aromatic carbocycles. The molecule has 0 saturated carbocycles. The monoisotopic (exact) mass is 335 g/mol. The number of carbonyl (C=O) groups is 1. The summed E-state index contributed by atoms with van der Waals surface area (Å²) in [6, 6.07) is 12.3. The van der Waals surface area contributed by atoms with Crippen molar-refractivity contribution in [2.75, 3.05) is 5.32 Å². The number of aryl methyl sites for hydroxylation is 2. The molecule has 0 radical (unpaired) electrons. The van der Waals surface area contributed by atoms with Crippen LogP contribution in [0.3, 0.4) is 0 Å². The van der Waals surface area contributed by atoms with E-state index in [1.165, 1.54) is 35.4 Å². The molecule has 0 bridgehead atoms. The van der Waals surface area contributed by atoms with Gasteiger partial charge in [-0.2, -0.15) is 0 Å². The average molecular weight is 335 g/mol. The highest BCUT2D eigenvalue weighted by Gasteiger charge is 2.29. The van der Waals surface area contributed by atoms with Gasteiger partial charge in [0, 0.05) is 11.1 Å². The number of nitrogens with zero attached hydrogens (tertiary/aromatic N) is 1. The van der Waals surface area contributed by atoms with Gasteiger partial charge in [-0.05, 0) is 42.9 Å². The summed E-state index contributed by atoms with van der Waals surface area (Å²) in [4.78, 5) is 19.2. The second-order valence-electron chi connectivity index (χ2n) is 6.42. The molecule has 0 unspecified atom stereocenters. The van der Waals surface area contributed by atoms with E-state index < -0.39 is 0 Å². The lowest BCUT2D eigenvalue weighted by atomic mass is 9.95. The maximum atomic E-state index is 12.6. The van der Waals surface area contributed by atoms with Crippen molar-refractivity contribution in [1.29, 1.82) is 0 Å². The number of benzene rings is 1. The third-order valence-corrected chi connectivity index (χ3v) is 5.96. The fraction of sp³-hybridized carbons (Fsp3) is 0.263. The normalized spacial score (nSPS) is 19.3. The molecule has 1 atom stereocenters. The number of thiophene rings is 1. The molecule has 1 aliphatic carbocycles. The molecule has 24 heavy (non-hydrogen) atoms. The van der Waals surface area contributed by atoms with Gasteiger partial charge in [0.25, 0.3) is 5.91 Å². The van der Waals surface area contributed by atoms with Gasteiger partial charge in [0.05, 0.1) is 5.69 Å². The predicted molar refractivity (Wildman–Crippen MR) is 96.5 cm³/mol. The maximum absolute atomic E-state index is 12.6. The Morgan fingerprint density at radius 2 is 1.92 bits per heavy atom. The smallest absolute Gasteiger partial charge is 0.265 e. The number of hydrogen-bond donors (Lipinski definition) is 2. The van der Waals surface area contributed by atoms with E-state index in [0.29, 0.717) is 0 Å². The lowest BCUT2D eigenvalue weighted by molar-refractivity contribution is 0.0940. The van der Waals surface area contributed by atoms with Crippen LogP contribution in [0.25, 0.3) is 10.2 Å². The number of anilines is 1. The molecule has 1 aliphatic heterocycles. The molecule has 2 N–H and O–H groups in total. The van der Waals surface area contributed by atoms with Crippen LogP contribution >= 0.6 is 11.3 Å². The zero-order chi connectivity index (χ0) is 16.1. The fourth-order valence-corrected chi connectivity index (χ4v) is 4.68. The number of pyridine rings is 1. The Bertz CT molecular complexity index is 948. The maximum Gasteiger partial charge on any atom is 0.265 e. The number of hydrogen-bond acceptors (Lipinski definition) is 4. The van der Waals surface area contributed by atoms with Gasteiger partial charge >= 0.3 is 0 Å². The number of rotatable bonds is 1. The van der Waals surface area contributed by atoms with Crippen molar-refractivity contribution >= 4 is 33.1 Å². The summed E-state index contributed by atoms with van der Waals surface area (Å²) >= 11 is 1.49. The van der Waals surface area contributed by atoms with Crippen molar-refractivity contribution in [1.82, 2.24) is 10.3 Å². The highest BCUT2D eigenvalue weighted by Crippen LogP contribution is 2.40. The van der Waals surface area contributed by atoms with Gasteiger partial charge in [-0.3, -0.25) is 4.79 Å². The van der Waals surface area contributed by atoms with E-state index in [-0.39, 0.29) is 12.1 Å². The van der Waals surface area contributed by atoms with Crippen LogP contribution in [0.5, 0.6) is 0 Å². The van der Waals surface area contributed by atoms with E-state index in [4.69, 9.17) is 4.98 Å². The zero-order valence-electron chi connectivity index (χ0n) is 13.1. The number of amides is 1. The minimum Gasteiger partial charge on any atom is -0.360 e. The number of nitrogens with one attached hydrogen (secondary N) is 2. The van der Waals surface area contributed by atoms with E-state index in [1.807, 2.05) is 30.3 Å². The third-order valence-electron chi connectivity index (χ3n) is 4.86. The summed E-state index contributed by atoms with van der Waals surface area (Å²) in [6.07, 6.45) is 4.40. The van der Waals surface area contributed by atoms with Crippen LogP contribution in [-0.4, -0.2) is 10.9 Å². The van der Waals surface area contributed by atoms with Gasteiger partial charge in [-0.25, -0.2) is 4.98 Å². The number of aromatic nitrogens is 1. The van der Waals surface area contributed by atoms with Crippen molar-refractivity contribution in [2.45, 2.75) is 31.8 Å². The van der Waals surface area contributed by atoms with Crippen molar-refractivity contribution in [3.63, 3.8) is 0 Å². The average Bonchev–Trinajstić information content (AvgIpc) is 2.99. The molecule has 120 valence electrons. The topological polar surface area (TPSA) is 54.0 Å². The third kappa shape index (κ3) is 2.12.